The van der Waals surface area contributed by atoms with Crippen LogP contribution in [0.1, 0.15) is 37.8 Å². The molecule has 2 aromatic carbocycles. The van der Waals surface area contributed by atoms with Crippen LogP contribution >= 0.6 is 0 Å². The summed E-state index contributed by atoms with van der Waals surface area (Å²) in [5.41, 5.74) is 5.60. The summed E-state index contributed by atoms with van der Waals surface area (Å²) in [6, 6.07) is 12.2. The molecular weight excluding hydrogens is 300 g/mol. The smallest absolute Gasteiger partial charge is 0.221 e. The molecule has 5 nitrogen and oxygen atoms in total. The number of fused-ring (bicyclic) bond motifs is 1. The van der Waals surface area contributed by atoms with Crippen LogP contribution in [0.15, 0.2) is 36.4 Å². The quantitative estimate of drug-likeness (QED) is 0.771. The van der Waals surface area contributed by atoms with Gasteiger partial charge in [-0.1, -0.05) is 25.5 Å². The summed E-state index contributed by atoms with van der Waals surface area (Å²) in [5, 5.41) is 11.9. The third kappa shape index (κ3) is 3.45. The van der Waals surface area contributed by atoms with Crippen molar-refractivity contribution in [1.82, 2.24) is 15.0 Å². The van der Waals surface area contributed by atoms with Gasteiger partial charge < -0.3 is 5.32 Å². The van der Waals surface area contributed by atoms with E-state index >= 15 is 0 Å². The molecule has 0 spiro atoms. The Balaban J connectivity index is 1.91. The summed E-state index contributed by atoms with van der Waals surface area (Å²) in [6.45, 7) is 5.65. The maximum atomic E-state index is 11.3. The molecule has 0 bridgehead atoms. The number of rotatable bonds is 5. The lowest BCUT2D eigenvalue weighted by Crippen LogP contribution is -2.06. The Morgan fingerprint density at radius 3 is 2.42 bits per heavy atom. The van der Waals surface area contributed by atoms with Crippen molar-refractivity contribution in [3.63, 3.8) is 0 Å². The zero-order valence-electron chi connectivity index (χ0n) is 14.3. The lowest BCUT2D eigenvalue weighted by molar-refractivity contribution is -0.114. The number of unbranched alkanes of at least 4 members (excludes halogenated alkanes) is 1. The molecule has 0 aliphatic carbocycles. The summed E-state index contributed by atoms with van der Waals surface area (Å²) in [6.07, 6.45) is 3.50. The molecule has 5 heteroatoms. The van der Waals surface area contributed by atoms with E-state index in [2.05, 4.69) is 34.6 Å². The summed E-state index contributed by atoms with van der Waals surface area (Å²) < 4.78 is 0. The van der Waals surface area contributed by atoms with Gasteiger partial charge in [0.15, 0.2) is 0 Å². The van der Waals surface area contributed by atoms with Crippen molar-refractivity contribution in [2.24, 2.45) is 0 Å². The zero-order chi connectivity index (χ0) is 17.1. The van der Waals surface area contributed by atoms with E-state index in [1.54, 1.807) is 4.80 Å². The average molecular weight is 322 g/mol. The Morgan fingerprint density at radius 1 is 1.12 bits per heavy atom. The third-order valence-electron chi connectivity index (χ3n) is 4.02. The van der Waals surface area contributed by atoms with E-state index in [0.29, 0.717) is 0 Å². The molecule has 3 aromatic rings. The largest absolute Gasteiger partial charge is 0.326 e. The molecule has 1 aromatic heterocycles. The Kier molecular flexibility index (Phi) is 4.60. The van der Waals surface area contributed by atoms with Crippen molar-refractivity contribution in [3.8, 4) is 5.69 Å². The highest BCUT2D eigenvalue weighted by Gasteiger charge is 2.09. The van der Waals surface area contributed by atoms with Crippen LogP contribution in [0, 0.1) is 6.92 Å². The van der Waals surface area contributed by atoms with Gasteiger partial charge in [-0.3, -0.25) is 4.79 Å². The second-order valence-corrected chi connectivity index (χ2v) is 6.10. The van der Waals surface area contributed by atoms with Gasteiger partial charge in [0, 0.05) is 12.6 Å². The molecule has 1 heterocycles. The first-order valence-electron chi connectivity index (χ1n) is 8.31. The summed E-state index contributed by atoms with van der Waals surface area (Å²) in [4.78, 5) is 12.9. The molecule has 0 aliphatic heterocycles. The van der Waals surface area contributed by atoms with Gasteiger partial charge in [-0.25, -0.2) is 0 Å². The van der Waals surface area contributed by atoms with Gasteiger partial charge in [0.05, 0.1) is 5.69 Å². The van der Waals surface area contributed by atoms with E-state index in [-0.39, 0.29) is 5.91 Å². The van der Waals surface area contributed by atoms with E-state index in [4.69, 9.17) is 0 Å². The Bertz CT molecular complexity index is 865. The van der Waals surface area contributed by atoms with Gasteiger partial charge in [-0.2, -0.15) is 4.80 Å². The molecule has 0 saturated heterocycles. The van der Waals surface area contributed by atoms with Crippen molar-refractivity contribution in [1.29, 1.82) is 0 Å². The number of amides is 1. The minimum Gasteiger partial charge on any atom is -0.326 e. The number of hydrogen-bond acceptors (Lipinski definition) is 3. The van der Waals surface area contributed by atoms with E-state index in [1.807, 2.05) is 31.2 Å². The number of nitrogens with zero attached hydrogens (tertiary/aromatic N) is 3. The topological polar surface area (TPSA) is 59.8 Å². The third-order valence-corrected chi connectivity index (χ3v) is 4.02. The van der Waals surface area contributed by atoms with E-state index < -0.39 is 0 Å². The fourth-order valence-corrected chi connectivity index (χ4v) is 2.68. The minimum absolute atomic E-state index is 0.0903. The number of anilines is 1. The molecule has 24 heavy (non-hydrogen) atoms. The van der Waals surface area contributed by atoms with Crippen LogP contribution in [0.3, 0.4) is 0 Å². The van der Waals surface area contributed by atoms with Crippen LogP contribution in [0.25, 0.3) is 16.7 Å². The fourth-order valence-electron chi connectivity index (χ4n) is 2.68. The Morgan fingerprint density at radius 2 is 1.79 bits per heavy atom. The summed E-state index contributed by atoms with van der Waals surface area (Å²) in [7, 11) is 0. The maximum Gasteiger partial charge on any atom is 0.221 e. The number of aromatic nitrogens is 3. The first-order valence-corrected chi connectivity index (χ1v) is 8.31. The van der Waals surface area contributed by atoms with Gasteiger partial charge in [0.2, 0.25) is 5.91 Å². The number of hydrogen-bond donors (Lipinski definition) is 1. The van der Waals surface area contributed by atoms with Crippen LogP contribution in [-0.2, 0) is 11.2 Å². The van der Waals surface area contributed by atoms with Gasteiger partial charge in [0.1, 0.15) is 11.0 Å². The standard InChI is InChI=1S/C19H22N4O/c1-4-5-6-15-7-9-16(10-8-15)23-21-18-11-13(2)17(20-14(3)24)12-19(18)22-23/h7-12H,4-6H2,1-3H3,(H,20,24). The second kappa shape index (κ2) is 6.83. The monoisotopic (exact) mass is 322 g/mol. The predicted octanol–water partition coefficient (Wildman–Crippen LogP) is 4.03. The van der Waals surface area contributed by atoms with Gasteiger partial charge in [-0.05, 0) is 55.2 Å². The Hall–Kier alpha value is -2.69. The maximum absolute atomic E-state index is 11.3. The lowest BCUT2D eigenvalue weighted by Gasteiger charge is -2.04. The lowest BCUT2D eigenvalue weighted by atomic mass is 10.1. The normalized spacial score (nSPS) is 11.0. The molecule has 0 atom stereocenters. The molecule has 0 unspecified atom stereocenters. The number of benzene rings is 2. The van der Waals surface area contributed by atoms with Gasteiger partial charge >= 0.3 is 0 Å². The van der Waals surface area contributed by atoms with Crippen LogP contribution in [-0.4, -0.2) is 20.9 Å². The second-order valence-electron chi connectivity index (χ2n) is 6.10. The zero-order valence-corrected chi connectivity index (χ0v) is 14.3. The first kappa shape index (κ1) is 16.2. The highest BCUT2D eigenvalue weighted by molar-refractivity contribution is 5.92. The van der Waals surface area contributed by atoms with E-state index in [1.165, 1.54) is 25.3 Å². The highest BCUT2D eigenvalue weighted by atomic mass is 16.1. The minimum atomic E-state index is -0.0903. The number of aryl methyl sites for hydroxylation is 2. The average Bonchev–Trinajstić information content (AvgIpc) is 2.96. The SMILES string of the molecule is CCCCc1ccc(-n2nc3cc(C)c(NC(C)=O)cc3n2)cc1. The molecule has 0 fully saturated rings. The van der Waals surface area contributed by atoms with Crippen LogP contribution < -0.4 is 5.32 Å². The van der Waals surface area contributed by atoms with Gasteiger partial charge in [-0.15, -0.1) is 10.2 Å². The fraction of sp³-hybridized carbons (Fsp3) is 0.316. The van der Waals surface area contributed by atoms with Crippen LogP contribution in [0.4, 0.5) is 5.69 Å². The number of nitrogens with one attached hydrogen (secondary N) is 1. The van der Waals surface area contributed by atoms with Crippen molar-refractivity contribution in [2.45, 2.75) is 40.0 Å². The molecule has 124 valence electrons. The molecule has 3 rings (SSSR count). The molecule has 0 saturated carbocycles. The number of carbonyl (C=O) groups excluding carboxylic acids is 1. The molecule has 0 aliphatic rings. The van der Waals surface area contributed by atoms with Gasteiger partial charge in [0.25, 0.3) is 0 Å². The van der Waals surface area contributed by atoms with Crippen LogP contribution in [0.2, 0.25) is 0 Å². The summed E-state index contributed by atoms with van der Waals surface area (Å²) >= 11 is 0. The first-order chi connectivity index (χ1) is 11.6. The van der Waals surface area contributed by atoms with Crippen molar-refractivity contribution < 1.29 is 4.79 Å². The molecule has 1 amide bonds. The number of carbonyl (C=O) groups is 1. The van der Waals surface area contributed by atoms with Crippen molar-refractivity contribution in [3.05, 3.63) is 47.5 Å². The van der Waals surface area contributed by atoms with E-state index in [0.717, 1.165) is 34.4 Å². The molecular formula is C19H22N4O. The van der Waals surface area contributed by atoms with Crippen molar-refractivity contribution >= 4 is 22.6 Å². The molecule has 1 N–H and O–H groups in total. The van der Waals surface area contributed by atoms with E-state index in [9.17, 15) is 4.79 Å². The summed E-state index contributed by atoms with van der Waals surface area (Å²) in [5.74, 6) is -0.0903. The molecule has 0 radical (unpaired) electrons. The van der Waals surface area contributed by atoms with Crippen molar-refractivity contribution in [2.75, 3.05) is 5.32 Å². The van der Waals surface area contributed by atoms with Crippen LogP contribution in [0.5, 0.6) is 0 Å². The highest BCUT2D eigenvalue weighted by Crippen LogP contribution is 2.22. The predicted molar refractivity (Wildman–Crippen MR) is 96.5 cm³/mol. The Labute approximate surface area is 141 Å².